The molecule has 3 N–H and O–H groups in total. The normalized spacial score (nSPS) is 10.1. The summed E-state index contributed by atoms with van der Waals surface area (Å²) >= 11 is 2.03. The highest BCUT2D eigenvalue weighted by Gasteiger charge is 2.09. The Hall–Kier alpha value is -1.63. The zero-order valence-corrected chi connectivity index (χ0v) is 11.4. The highest BCUT2D eigenvalue weighted by Crippen LogP contribution is 2.24. The molecule has 0 saturated heterocycles. The standard InChI is InChI=1S/C13H10FIN2O/c14-10-7-8(15)5-6-12(10)17-11-4-2-1-3-9(11)13(16)18/h1-7,17H,(H2,16,18). The first-order chi connectivity index (χ1) is 8.58. The van der Waals surface area contributed by atoms with Crippen LogP contribution in [0.25, 0.3) is 0 Å². The maximum absolute atomic E-state index is 13.7. The van der Waals surface area contributed by atoms with Crippen molar-refractivity contribution >= 4 is 39.9 Å². The van der Waals surface area contributed by atoms with Crippen molar-refractivity contribution in [2.75, 3.05) is 5.32 Å². The van der Waals surface area contributed by atoms with Crippen molar-refractivity contribution in [2.45, 2.75) is 0 Å². The summed E-state index contributed by atoms with van der Waals surface area (Å²) in [6.07, 6.45) is 0. The molecule has 5 heteroatoms. The number of anilines is 2. The summed E-state index contributed by atoms with van der Waals surface area (Å²) in [6, 6.07) is 11.5. The molecule has 0 saturated carbocycles. The van der Waals surface area contributed by atoms with E-state index >= 15 is 0 Å². The van der Waals surface area contributed by atoms with Gasteiger partial charge in [0.05, 0.1) is 16.9 Å². The van der Waals surface area contributed by atoms with Crippen molar-refractivity contribution < 1.29 is 9.18 Å². The molecule has 0 fully saturated rings. The maximum Gasteiger partial charge on any atom is 0.250 e. The first-order valence-corrected chi connectivity index (χ1v) is 6.26. The van der Waals surface area contributed by atoms with E-state index in [0.29, 0.717) is 16.9 Å². The molecule has 0 spiro atoms. The van der Waals surface area contributed by atoms with E-state index in [1.165, 1.54) is 6.07 Å². The van der Waals surface area contributed by atoms with E-state index in [1.807, 2.05) is 22.6 Å². The summed E-state index contributed by atoms with van der Waals surface area (Å²) in [6.45, 7) is 0. The van der Waals surface area contributed by atoms with E-state index in [1.54, 1.807) is 36.4 Å². The summed E-state index contributed by atoms with van der Waals surface area (Å²) in [7, 11) is 0. The van der Waals surface area contributed by atoms with Crippen molar-refractivity contribution in [3.63, 3.8) is 0 Å². The van der Waals surface area contributed by atoms with E-state index in [2.05, 4.69) is 5.32 Å². The van der Waals surface area contributed by atoms with Gasteiger partial charge in [0.15, 0.2) is 0 Å². The number of carbonyl (C=O) groups is 1. The lowest BCUT2D eigenvalue weighted by Crippen LogP contribution is -2.13. The smallest absolute Gasteiger partial charge is 0.250 e. The largest absolute Gasteiger partial charge is 0.366 e. The van der Waals surface area contributed by atoms with Gasteiger partial charge < -0.3 is 11.1 Å². The molecule has 0 heterocycles. The van der Waals surface area contributed by atoms with E-state index in [9.17, 15) is 9.18 Å². The fourth-order valence-electron chi connectivity index (χ4n) is 1.54. The Bertz CT molecular complexity index is 601. The van der Waals surface area contributed by atoms with E-state index < -0.39 is 5.91 Å². The molecule has 92 valence electrons. The van der Waals surface area contributed by atoms with Gasteiger partial charge in [0, 0.05) is 3.57 Å². The van der Waals surface area contributed by atoms with Gasteiger partial charge in [-0.2, -0.15) is 0 Å². The van der Waals surface area contributed by atoms with Crippen molar-refractivity contribution in [2.24, 2.45) is 5.73 Å². The number of nitrogens with two attached hydrogens (primary N) is 1. The van der Waals surface area contributed by atoms with Crippen LogP contribution in [0.4, 0.5) is 15.8 Å². The molecule has 1 amide bonds. The Morgan fingerprint density at radius 2 is 1.89 bits per heavy atom. The number of benzene rings is 2. The third-order valence-corrected chi connectivity index (χ3v) is 3.06. The van der Waals surface area contributed by atoms with Crippen LogP contribution in [0, 0.1) is 9.39 Å². The third-order valence-electron chi connectivity index (χ3n) is 2.39. The van der Waals surface area contributed by atoms with Crippen LogP contribution >= 0.6 is 22.6 Å². The van der Waals surface area contributed by atoms with E-state index in [4.69, 9.17) is 5.73 Å². The number of amides is 1. The van der Waals surface area contributed by atoms with Gasteiger partial charge in [0.25, 0.3) is 5.91 Å². The molecule has 3 nitrogen and oxygen atoms in total. The Morgan fingerprint density at radius 3 is 2.56 bits per heavy atom. The van der Waals surface area contributed by atoms with Gasteiger partial charge in [-0.15, -0.1) is 0 Å². The molecule has 2 rings (SSSR count). The van der Waals surface area contributed by atoms with Crippen molar-refractivity contribution in [3.05, 3.63) is 57.4 Å². The molecule has 2 aromatic carbocycles. The molecule has 0 aliphatic heterocycles. The lowest BCUT2D eigenvalue weighted by molar-refractivity contribution is 0.100. The SMILES string of the molecule is NC(=O)c1ccccc1Nc1ccc(I)cc1F. The topological polar surface area (TPSA) is 55.1 Å². The van der Waals surface area contributed by atoms with Gasteiger partial charge in [-0.1, -0.05) is 12.1 Å². The number of para-hydroxylation sites is 1. The van der Waals surface area contributed by atoms with Crippen LogP contribution in [0.15, 0.2) is 42.5 Å². The van der Waals surface area contributed by atoms with Gasteiger partial charge >= 0.3 is 0 Å². The second kappa shape index (κ2) is 5.34. The van der Waals surface area contributed by atoms with Gasteiger partial charge in [0.2, 0.25) is 0 Å². The number of hydrogen-bond donors (Lipinski definition) is 2. The molecular formula is C13H10FIN2O. The van der Waals surface area contributed by atoms with Gasteiger partial charge in [-0.05, 0) is 52.9 Å². The molecule has 0 aromatic heterocycles. The third kappa shape index (κ3) is 2.79. The molecule has 0 radical (unpaired) electrons. The van der Waals surface area contributed by atoms with Crippen LogP contribution in [0.1, 0.15) is 10.4 Å². The first kappa shape index (κ1) is 12.8. The zero-order valence-electron chi connectivity index (χ0n) is 9.28. The minimum atomic E-state index is -0.552. The molecule has 0 aliphatic rings. The second-order valence-corrected chi connectivity index (χ2v) is 4.90. The molecular weight excluding hydrogens is 346 g/mol. The number of carbonyl (C=O) groups excluding carboxylic acids is 1. The average molecular weight is 356 g/mol. The molecule has 0 bridgehead atoms. The quantitative estimate of drug-likeness (QED) is 0.830. The van der Waals surface area contributed by atoms with Crippen molar-refractivity contribution in [1.29, 1.82) is 0 Å². The van der Waals surface area contributed by atoms with Crippen molar-refractivity contribution in [3.8, 4) is 0 Å². The molecule has 2 aromatic rings. The fraction of sp³-hybridized carbons (Fsp3) is 0. The Morgan fingerprint density at radius 1 is 1.17 bits per heavy atom. The first-order valence-electron chi connectivity index (χ1n) is 5.19. The van der Waals surface area contributed by atoms with E-state index in [0.717, 1.165) is 3.57 Å². The summed E-state index contributed by atoms with van der Waals surface area (Å²) < 4.78 is 14.5. The minimum Gasteiger partial charge on any atom is -0.366 e. The highest BCUT2D eigenvalue weighted by atomic mass is 127. The summed E-state index contributed by atoms with van der Waals surface area (Å²) in [5.74, 6) is -0.926. The lowest BCUT2D eigenvalue weighted by Gasteiger charge is -2.10. The molecule has 0 atom stereocenters. The van der Waals surface area contributed by atoms with Crippen LogP contribution in [-0.4, -0.2) is 5.91 Å². The fourth-order valence-corrected chi connectivity index (χ4v) is 2.00. The van der Waals surface area contributed by atoms with Crippen LogP contribution in [0.2, 0.25) is 0 Å². The predicted octanol–water partition coefficient (Wildman–Crippen LogP) is 3.27. The summed E-state index contributed by atoms with van der Waals surface area (Å²) in [4.78, 5) is 11.2. The molecule has 0 aliphatic carbocycles. The minimum absolute atomic E-state index is 0.309. The molecule has 0 unspecified atom stereocenters. The van der Waals surface area contributed by atoms with Crippen LogP contribution in [0.5, 0.6) is 0 Å². The number of primary amides is 1. The summed E-state index contributed by atoms with van der Waals surface area (Å²) in [5.41, 5.74) is 6.39. The average Bonchev–Trinajstić information content (AvgIpc) is 2.33. The Balaban J connectivity index is 2.37. The van der Waals surface area contributed by atoms with Crippen LogP contribution < -0.4 is 11.1 Å². The number of rotatable bonds is 3. The van der Waals surface area contributed by atoms with Gasteiger partial charge in [-0.25, -0.2) is 4.39 Å². The zero-order chi connectivity index (χ0) is 13.1. The Kier molecular flexibility index (Phi) is 3.81. The lowest BCUT2D eigenvalue weighted by atomic mass is 10.1. The summed E-state index contributed by atoms with van der Waals surface area (Å²) in [5, 5.41) is 2.87. The van der Waals surface area contributed by atoms with Crippen LogP contribution in [-0.2, 0) is 0 Å². The highest BCUT2D eigenvalue weighted by molar-refractivity contribution is 14.1. The van der Waals surface area contributed by atoms with Gasteiger partial charge in [-0.3, -0.25) is 4.79 Å². The number of nitrogens with one attached hydrogen (secondary N) is 1. The number of halogens is 2. The predicted molar refractivity (Wildman–Crippen MR) is 77.4 cm³/mol. The van der Waals surface area contributed by atoms with Gasteiger partial charge in [0.1, 0.15) is 5.82 Å². The molecule has 18 heavy (non-hydrogen) atoms. The van der Waals surface area contributed by atoms with Crippen molar-refractivity contribution in [1.82, 2.24) is 0 Å². The van der Waals surface area contributed by atoms with E-state index in [-0.39, 0.29) is 5.82 Å². The Labute approximate surface area is 117 Å². The second-order valence-electron chi connectivity index (χ2n) is 3.66. The maximum atomic E-state index is 13.7. The monoisotopic (exact) mass is 356 g/mol. The number of hydrogen-bond acceptors (Lipinski definition) is 2. The van der Waals surface area contributed by atoms with Crippen LogP contribution in [0.3, 0.4) is 0 Å².